The predicted octanol–water partition coefficient (Wildman–Crippen LogP) is 27.4. The number of esters is 4. The number of aliphatic hydroxyl groups is 1. The summed E-state index contributed by atoms with van der Waals surface area (Å²) in [6.07, 6.45) is 73.5. The van der Waals surface area contributed by atoms with E-state index in [0.29, 0.717) is 25.7 Å². The minimum absolute atomic E-state index is 0.108. The first kappa shape index (κ1) is 106. The summed E-state index contributed by atoms with van der Waals surface area (Å²) in [5, 5.41) is 10.7. The van der Waals surface area contributed by atoms with Crippen molar-refractivity contribution in [3.63, 3.8) is 0 Å². The fraction of sp³-hybridized carbons (Fsp3) is 0.955. The zero-order valence-corrected chi connectivity index (χ0v) is 73.0. The summed E-state index contributed by atoms with van der Waals surface area (Å²) in [5.74, 6) is -0.471. The summed E-state index contributed by atoms with van der Waals surface area (Å²) in [5.41, 5.74) is 0. The van der Waals surface area contributed by atoms with Crippen LogP contribution in [0, 0.1) is 11.8 Å². The quantitative estimate of drug-likeness (QED) is 0.0222. The van der Waals surface area contributed by atoms with Crippen molar-refractivity contribution in [2.75, 3.05) is 39.6 Å². The first-order chi connectivity index (χ1) is 52.4. The Balaban J connectivity index is 5.25. The van der Waals surface area contributed by atoms with Crippen LogP contribution in [0.3, 0.4) is 0 Å². The van der Waals surface area contributed by atoms with Gasteiger partial charge in [0.2, 0.25) is 0 Å². The highest BCUT2D eigenvalue weighted by molar-refractivity contribution is 7.47. The second-order valence-electron chi connectivity index (χ2n) is 32.5. The van der Waals surface area contributed by atoms with E-state index in [1.165, 1.54) is 295 Å². The number of aliphatic hydroxyl groups excluding tert-OH is 1. The number of carbonyl (C=O) groups is 4. The maximum absolute atomic E-state index is 13.2. The van der Waals surface area contributed by atoms with Crippen LogP contribution < -0.4 is 0 Å². The Morgan fingerprint density at radius 3 is 0.657 bits per heavy atom. The van der Waals surface area contributed by atoms with Crippen molar-refractivity contribution in [2.45, 2.75) is 496 Å². The van der Waals surface area contributed by atoms with E-state index in [2.05, 4.69) is 41.5 Å². The summed E-state index contributed by atoms with van der Waals surface area (Å²) in [6, 6.07) is 0. The minimum Gasteiger partial charge on any atom is -0.462 e. The van der Waals surface area contributed by atoms with Crippen molar-refractivity contribution < 1.29 is 80.2 Å². The number of phosphoric ester groups is 2. The summed E-state index contributed by atoms with van der Waals surface area (Å²) >= 11 is 0. The lowest BCUT2D eigenvalue weighted by Gasteiger charge is -2.21. The molecule has 0 aliphatic heterocycles. The zero-order valence-electron chi connectivity index (χ0n) is 71.2. The van der Waals surface area contributed by atoms with Crippen molar-refractivity contribution in [3.05, 3.63) is 0 Å². The van der Waals surface area contributed by atoms with E-state index in [1.54, 1.807) is 0 Å². The molecule has 0 heterocycles. The molecule has 0 saturated heterocycles. The summed E-state index contributed by atoms with van der Waals surface area (Å²) in [6.45, 7) is 9.75. The molecule has 3 N–H and O–H groups in total. The standard InChI is InChI=1S/C89H174O17P2/c1-7-11-13-15-17-19-21-23-25-27-28-29-30-31-32-34-40-44-48-56-62-68-74-88(93)105-84(77-99-86(91)71-65-59-53-46-42-38-36-35-37-41-45-51-57-63-69-81(5)9-3)79-103-107(95,96)101-75-83(90)76-102-108(97,98)104-80-85(78-100-87(92)72-66-60-54-50-49-52-58-64-70-82(6)10-4)106-89(94)73-67-61-55-47-43-39-33-26-24-22-20-18-16-14-12-8-2/h81-85,90H,7-80H2,1-6H3,(H,95,96)(H,97,98)/t81?,82?,83-,84-,85-/m1/s1. The normalized spacial score (nSPS) is 14.3. The van der Waals surface area contributed by atoms with Crippen molar-refractivity contribution in [2.24, 2.45) is 11.8 Å². The Morgan fingerprint density at radius 2 is 0.444 bits per heavy atom. The number of unbranched alkanes of at least 4 members (excludes halogenated alkanes) is 56. The van der Waals surface area contributed by atoms with Gasteiger partial charge >= 0.3 is 39.5 Å². The molecule has 19 heteroatoms. The molecule has 0 bridgehead atoms. The van der Waals surface area contributed by atoms with E-state index in [-0.39, 0.29) is 25.7 Å². The van der Waals surface area contributed by atoms with Gasteiger partial charge in [-0.3, -0.25) is 37.3 Å². The lowest BCUT2D eigenvalue weighted by Crippen LogP contribution is -2.30. The fourth-order valence-electron chi connectivity index (χ4n) is 13.9. The average molecular weight is 1580 g/mol. The SMILES string of the molecule is CCCCCCCCCCCCCCCCCCCCCCCCC(=O)O[C@H](COC(=O)CCCCCCCCCCCCCCCCC(C)CC)COP(=O)(O)OC[C@@H](O)COP(=O)(O)OC[C@@H](COC(=O)CCCCCCCCCCC(C)CC)OC(=O)CCCCCCCCCCCCCCCCCC. The lowest BCUT2D eigenvalue weighted by molar-refractivity contribution is -0.161. The van der Waals surface area contributed by atoms with Gasteiger partial charge in [0.1, 0.15) is 19.3 Å². The van der Waals surface area contributed by atoms with E-state index in [0.717, 1.165) is 102 Å². The monoisotopic (exact) mass is 1580 g/mol. The molecule has 0 rings (SSSR count). The smallest absolute Gasteiger partial charge is 0.462 e. The Bertz CT molecular complexity index is 2070. The molecule has 0 amide bonds. The molecule has 0 spiro atoms. The minimum atomic E-state index is -4.97. The van der Waals surface area contributed by atoms with Gasteiger partial charge in [-0.2, -0.15) is 0 Å². The highest BCUT2D eigenvalue weighted by Crippen LogP contribution is 2.45. The molecule has 17 nitrogen and oxygen atoms in total. The highest BCUT2D eigenvalue weighted by Gasteiger charge is 2.31. The Morgan fingerprint density at radius 1 is 0.259 bits per heavy atom. The van der Waals surface area contributed by atoms with Crippen LogP contribution in [0.25, 0.3) is 0 Å². The van der Waals surface area contributed by atoms with Crippen LogP contribution in [-0.4, -0.2) is 96.7 Å². The van der Waals surface area contributed by atoms with Gasteiger partial charge in [0.05, 0.1) is 26.4 Å². The molecule has 7 atom stereocenters. The van der Waals surface area contributed by atoms with Crippen LogP contribution in [-0.2, 0) is 65.4 Å². The van der Waals surface area contributed by atoms with Crippen LogP contribution in [0.1, 0.15) is 478 Å². The number of carbonyl (C=O) groups excluding carboxylic acids is 4. The van der Waals surface area contributed by atoms with Gasteiger partial charge in [-0.05, 0) is 37.5 Å². The predicted molar refractivity (Wildman–Crippen MR) is 446 cm³/mol. The van der Waals surface area contributed by atoms with Crippen molar-refractivity contribution in [1.29, 1.82) is 0 Å². The molecule has 108 heavy (non-hydrogen) atoms. The zero-order chi connectivity index (χ0) is 79.2. The van der Waals surface area contributed by atoms with Crippen LogP contribution in [0.4, 0.5) is 0 Å². The molecular formula is C89H174O17P2. The van der Waals surface area contributed by atoms with Crippen LogP contribution in [0.2, 0.25) is 0 Å². The third-order valence-electron chi connectivity index (χ3n) is 21.7. The Kier molecular flexibility index (Phi) is 78.8. The maximum Gasteiger partial charge on any atom is 0.472 e. The van der Waals surface area contributed by atoms with Crippen LogP contribution in [0.5, 0.6) is 0 Å². The van der Waals surface area contributed by atoms with Gasteiger partial charge in [0.25, 0.3) is 0 Å². The van der Waals surface area contributed by atoms with Crippen molar-refractivity contribution >= 4 is 39.5 Å². The Labute approximate surface area is 664 Å². The molecule has 0 aliphatic rings. The van der Waals surface area contributed by atoms with Crippen LogP contribution >= 0.6 is 15.6 Å². The molecular weight excluding hydrogens is 1400 g/mol. The van der Waals surface area contributed by atoms with Gasteiger partial charge in [-0.25, -0.2) is 9.13 Å². The molecule has 0 aromatic rings. The van der Waals surface area contributed by atoms with E-state index < -0.39 is 97.5 Å². The first-order valence-electron chi connectivity index (χ1n) is 46.1. The number of hydrogen-bond donors (Lipinski definition) is 3. The number of hydrogen-bond acceptors (Lipinski definition) is 15. The third-order valence-corrected chi connectivity index (χ3v) is 23.6. The van der Waals surface area contributed by atoms with E-state index in [4.69, 9.17) is 37.0 Å². The molecule has 4 unspecified atom stereocenters. The van der Waals surface area contributed by atoms with Gasteiger partial charge in [0, 0.05) is 25.7 Å². The molecule has 0 fully saturated rings. The fourth-order valence-corrected chi connectivity index (χ4v) is 15.5. The van der Waals surface area contributed by atoms with E-state index in [9.17, 15) is 43.2 Å². The average Bonchev–Trinajstić information content (AvgIpc) is 0.903. The molecule has 642 valence electrons. The van der Waals surface area contributed by atoms with Crippen molar-refractivity contribution in [3.8, 4) is 0 Å². The molecule has 0 aliphatic carbocycles. The summed E-state index contributed by atoms with van der Waals surface area (Å²) in [4.78, 5) is 73.4. The molecule has 0 saturated carbocycles. The largest absolute Gasteiger partial charge is 0.472 e. The van der Waals surface area contributed by atoms with Gasteiger partial charge in [0.15, 0.2) is 12.2 Å². The number of rotatable bonds is 88. The summed E-state index contributed by atoms with van der Waals surface area (Å²) in [7, 11) is -9.93. The van der Waals surface area contributed by atoms with E-state index >= 15 is 0 Å². The van der Waals surface area contributed by atoms with Gasteiger partial charge < -0.3 is 33.8 Å². The maximum atomic E-state index is 13.2. The highest BCUT2D eigenvalue weighted by atomic mass is 31.2. The third kappa shape index (κ3) is 79.3. The first-order valence-corrected chi connectivity index (χ1v) is 49.1. The summed E-state index contributed by atoms with van der Waals surface area (Å²) < 4.78 is 69.0. The van der Waals surface area contributed by atoms with Crippen LogP contribution in [0.15, 0.2) is 0 Å². The number of phosphoric acid groups is 2. The molecule has 0 aromatic heterocycles. The lowest BCUT2D eigenvalue weighted by atomic mass is 9.99. The van der Waals surface area contributed by atoms with Gasteiger partial charge in [-0.15, -0.1) is 0 Å². The second kappa shape index (κ2) is 80.3. The molecule has 0 aromatic carbocycles. The van der Waals surface area contributed by atoms with Gasteiger partial charge in [-0.1, -0.05) is 427 Å². The topological polar surface area (TPSA) is 237 Å². The number of ether oxygens (including phenoxy) is 4. The Hall–Kier alpha value is -1.94. The molecule has 0 radical (unpaired) electrons. The van der Waals surface area contributed by atoms with Crippen molar-refractivity contribution in [1.82, 2.24) is 0 Å². The second-order valence-corrected chi connectivity index (χ2v) is 35.4. The van der Waals surface area contributed by atoms with E-state index in [1.807, 2.05) is 0 Å².